The molecule has 1 aliphatic rings. The summed E-state index contributed by atoms with van der Waals surface area (Å²) in [6.45, 7) is 2.11. The lowest BCUT2D eigenvalue weighted by Crippen LogP contribution is -1.90. The van der Waals surface area contributed by atoms with E-state index in [1.54, 1.807) is 6.07 Å². The highest BCUT2D eigenvalue weighted by Crippen LogP contribution is 2.19. The van der Waals surface area contributed by atoms with Crippen molar-refractivity contribution in [2.45, 2.75) is 6.92 Å². The van der Waals surface area contributed by atoms with Crippen LogP contribution < -0.4 is 0 Å². The van der Waals surface area contributed by atoms with Crippen molar-refractivity contribution in [2.24, 2.45) is 0 Å². The van der Waals surface area contributed by atoms with Gasteiger partial charge in [0.2, 0.25) is 0 Å². The minimum atomic E-state index is -0.320. The van der Waals surface area contributed by atoms with Crippen LogP contribution in [-0.2, 0) is 9.53 Å². The Balaban J connectivity index is 2.32. The Kier molecular flexibility index (Phi) is 1.46. The maximum atomic E-state index is 10.7. The van der Waals surface area contributed by atoms with Crippen molar-refractivity contribution in [1.29, 1.82) is 0 Å². The van der Waals surface area contributed by atoms with Crippen molar-refractivity contribution in [3.05, 3.63) is 23.6 Å². The average Bonchev–Trinajstić information content (AvgIpc) is 2.58. The quantitative estimate of drug-likeness (QED) is 0.580. The van der Waals surface area contributed by atoms with E-state index in [1.807, 2.05) is 6.92 Å². The fourth-order valence-electron chi connectivity index (χ4n) is 1.03. The number of aromatic nitrogens is 1. The van der Waals surface area contributed by atoms with Gasteiger partial charge in [-0.15, -0.1) is 0 Å². The third-order valence-electron chi connectivity index (χ3n) is 1.61. The summed E-state index contributed by atoms with van der Waals surface area (Å²) in [4.78, 5) is 10.7. The van der Waals surface area contributed by atoms with E-state index in [-0.39, 0.29) is 12.6 Å². The highest BCUT2D eigenvalue weighted by atomic mass is 16.5. The van der Waals surface area contributed by atoms with E-state index in [4.69, 9.17) is 9.26 Å². The Labute approximate surface area is 68.8 Å². The highest BCUT2D eigenvalue weighted by molar-refractivity contribution is 5.95. The van der Waals surface area contributed by atoms with Gasteiger partial charge >= 0.3 is 5.97 Å². The number of hydrogen-bond donors (Lipinski definition) is 0. The topological polar surface area (TPSA) is 52.3 Å². The van der Waals surface area contributed by atoms with Crippen LogP contribution in [0.5, 0.6) is 0 Å². The first kappa shape index (κ1) is 7.09. The van der Waals surface area contributed by atoms with Crippen LogP contribution in [0.15, 0.2) is 16.7 Å². The highest BCUT2D eigenvalue weighted by Gasteiger charge is 2.17. The number of carbonyl (C=O) groups excluding carboxylic acids is 1. The summed E-state index contributed by atoms with van der Waals surface area (Å²) in [7, 11) is 0. The molecule has 62 valence electrons. The van der Waals surface area contributed by atoms with Gasteiger partial charge in [0.05, 0.1) is 5.69 Å². The molecule has 0 radical (unpaired) electrons. The summed E-state index contributed by atoms with van der Waals surface area (Å²) in [6.07, 6.45) is 1.42. The maximum Gasteiger partial charge on any atom is 0.331 e. The summed E-state index contributed by atoms with van der Waals surface area (Å²) < 4.78 is 9.66. The number of esters is 1. The van der Waals surface area contributed by atoms with Crippen molar-refractivity contribution in [3.63, 3.8) is 0 Å². The lowest BCUT2D eigenvalue weighted by molar-refractivity contribution is -0.134. The minimum absolute atomic E-state index is 0.285. The van der Waals surface area contributed by atoms with Crippen molar-refractivity contribution >= 4 is 11.5 Å². The maximum absolute atomic E-state index is 10.7. The summed E-state index contributed by atoms with van der Waals surface area (Å²) in [5, 5.41) is 3.70. The van der Waals surface area contributed by atoms with Gasteiger partial charge in [-0.25, -0.2) is 4.79 Å². The molecule has 4 nitrogen and oxygen atoms in total. The van der Waals surface area contributed by atoms with E-state index in [9.17, 15) is 4.79 Å². The number of carbonyl (C=O) groups is 1. The fourth-order valence-corrected chi connectivity index (χ4v) is 1.03. The minimum Gasteiger partial charge on any atom is -0.457 e. The van der Waals surface area contributed by atoms with Gasteiger partial charge in [-0.2, -0.15) is 0 Å². The molecule has 0 saturated heterocycles. The molecule has 1 aromatic rings. The van der Waals surface area contributed by atoms with Crippen molar-refractivity contribution in [1.82, 2.24) is 5.16 Å². The summed E-state index contributed by atoms with van der Waals surface area (Å²) >= 11 is 0. The van der Waals surface area contributed by atoms with E-state index in [2.05, 4.69) is 5.16 Å². The summed E-state index contributed by atoms with van der Waals surface area (Å²) in [5.41, 5.74) is 1.55. The molecular weight excluding hydrogens is 158 g/mol. The van der Waals surface area contributed by atoms with Gasteiger partial charge in [0.25, 0.3) is 0 Å². The summed E-state index contributed by atoms with van der Waals surface area (Å²) in [6, 6.07) is 1.77. The standard InChI is InChI=1S/C8H7NO3/c1-5-2-7(12-9-5)6-3-8(10)11-4-6/h2-3H,4H2,1H3. The van der Waals surface area contributed by atoms with Gasteiger partial charge in [-0.05, 0) is 6.92 Å². The molecule has 4 heteroatoms. The summed E-state index contributed by atoms with van der Waals surface area (Å²) in [5.74, 6) is 0.289. The number of ether oxygens (including phenoxy) is 1. The first-order valence-electron chi connectivity index (χ1n) is 3.57. The van der Waals surface area contributed by atoms with Crippen molar-refractivity contribution in [2.75, 3.05) is 6.61 Å². The first-order chi connectivity index (χ1) is 5.75. The third kappa shape index (κ3) is 1.11. The molecule has 0 aromatic carbocycles. The molecule has 0 atom stereocenters. The second kappa shape index (κ2) is 2.48. The lowest BCUT2D eigenvalue weighted by atomic mass is 10.2. The number of nitrogens with zero attached hydrogens (tertiary/aromatic N) is 1. The van der Waals surface area contributed by atoms with Gasteiger partial charge in [-0.3, -0.25) is 0 Å². The third-order valence-corrected chi connectivity index (χ3v) is 1.61. The molecule has 0 aliphatic carbocycles. The second-order valence-electron chi connectivity index (χ2n) is 2.61. The Bertz CT molecular complexity index is 351. The Morgan fingerprint density at radius 2 is 2.42 bits per heavy atom. The zero-order valence-electron chi connectivity index (χ0n) is 6.53. The average molecular weight is 165 g/mol. The Morgan fingerprint density at radius 1 is 1.58 bits per heavy atom. The van der Waals surface area contributed by atoms with E-state index in [0.717, 1.165) is 11.3 Å². The molecule has 2 rings (SSSR count). The molecule has 12 heavy (non-hydrogen) atoms. The number of hydrogen-bond acceptors (Lipinski definition) is 4. The molecule has 0 unspecified atom stereocenters. The normalized spacial score (nSPS) is 16.1. The van der Waals surface area contributed by atoms with Crippen LogP contribution in [0.1, 0.15) is 11.5 Å². The van der Waals surface area contributed by atoms with Crippen LogP contribution in [0, 0.1) is 6.92 Å². The zero-order valence-corrected chi connectivity index (χ0v) is 6.53. The van der Waals surface area contributed by atoms with Gasteiger partial charge in [0.15, 0.2) is 5.76 Å². The van der Waals surface area contributed by atoms with Gasteiger partial charge in [0.1, 0.15) is 6.61 Å². The lowest BCUT2D eigenvalue weighted by Gasteiger charge is -1.90. The number of aryl methyl sites for hydroxylation is 1. The monoisotopic (exact) mass is 165 g/mol. The molecule has 0 N–H and O–H groups in total. The Hall–Kier alpha value is -1.58. The molecule has 0 saturated carbocycles. The Morgan fingerprint density at radius 3 is 2.92 bits per heavy atom. The molecule has 0 amide bonds. The van der Waals surface area contributed by atoms with Crippen LogP contribution in [0.2, 0.25) is 0 Å². The van der Waals surface area contributed by atoms with Gasteiger partial charge in [0, 0.05) is 17.7 Å². The molecule has 0 bridgehead atoms. The predicted octanol–water partition coefficient (Wildman–Crippen LogP) is 0.923. The van der Waals surface area contributed by atoms with Crippen LogP contribution in [0.4, 0.5) is 0 Å². The smallest absolute Gasteiger partial charge is 0.331 e. The largest absolute Gasteiger partial charge is 0.457 e. The molecule has 1 aliphatic heterocycles. The van der Waals surface area contributed by atoms with Crippen LogP contribution >= 0.6 is 0 Å². The molecule has 1 aromatic heterocycles. The zero-order chi connectivity index (χ0) is 8.55. The molecule has 0 fully saturated rings. The van der Waals surface area contributed by atoms with Gasteiger partial charge < -0.3 is 9.26 Å². The van der Waals surface area contributed by atoms with Crippen LogP contribution in [-0.4, -0.2) is 17.7 Å². The molecule has 0 spiro atoms. The number of rotatable bonds is 1. The molecule has 2 heterocycles. The van der Waals surface area contributed by atoms with Crippen LogP contribution in [0.25, 0.3) is 5.57 Å². The van der Waals surface area contributed by atoms with Crippen LogP contribution in [0.3, 0.4) is 0 Å². The van der Waals surface area contributed by atoms with Gasteiger partial charge in [-0.1, -0.05) is 5.16 Å². The SMILES string of the molecule is Cc1cc(C2=CC(=O)OC2)on1. The van der Waals surface area contributed by atoms with E-state index < -0.39 is 0 Å². The second-order valence-corrected chi connectivity index (χ2v) is 2.61. The number of cyclic esters (lactones) is 1. The molecular formula is C8H7NO3. The van der Waals surface area contributed by atoms with E-state index >= 15 is 0 Å². The van der Waals surface area contributed by atoms with Crippen molar-refractivity contribution < 1.29 is 14.1 Å². The predicted molar refractivity (Wildman–Crippen MR) is 40.2 cm³/mol. The van der Waals surface area contributed by atoms with E-state index in [0.29, 0.717) is 5.76 Å². The van der Waals surface area contributed by atoms with E-state index in [1.165, 1.54) is 6.08 Å². The first-order valence-corrected chi connectivity index (χ1v) is 3.57. The fraction of sp³-hybridized carbons (Fsp3) is 0.250. The van der Waals surface area contributed by atoms with Crippen molar-refractivity contribution in [3.8, 4) is 0 Å².